The summed E-state index contributed by atoms with van der Waals surface area (Å²) in [6.45, 7) is 5.84. The largest absolute Gasteiger partial charge is 0.411 e. The molecule has 2 rings (SSSR count). The van der Waals surface area contributed by atoms with Crippen LogP contribution in [-0.4, -0.2) is 73.9 Å². The summed E-state index contributed by atoms with van der Waals surface area (Å²) in [5, 5.41) is 5.66. The van der Waals surface area contributed by atoms with Gasteiger partial charge in [-0.1, -0.05) is 13.8 Å². The van der Waals surface area contributed by atoms with E-state index in [-0.39, 0.29) is 24.5 Å². The Labute approximate surface area is 180 Å². The lowest BCUT2D eigenvalue weighted by Crippen LogP contribution is -2.50. The highest BCUT2D eigenvalue weighted by Gasteiger charge is 2.27. The Balaban J connectivity index is 1.66. The van der Waals surface area contributed by atoms with Crippen molar-refractivity contribution in [2.24, 2.45) is 5.92 Å². The number of carbonyl (C=O) groups excluding carboxylic acids is 2. The van der Waals surface area contributed by atoms with Gasteiger partial charge in [-0.25, -0.2) is 4.79 Å². The summed E-state index contributed by atoms with van der Waals surface area (Å²) in [4.78, 5) is 28.1. The Hall–Kier alpha value is -2.33. The van der Waals surface area contributed by atoms with Gasteiger partial charge in [0.25, 0.3) is 0 Å². The van der Waals surface area contributed by atoms with Crippen LogP contribution in [-0.2, 0) is 9.53 Å². The molecule has 1 aliphatic rings. The first kappa shape index (κ1) is 24.9. The van der Waals surface area contributed by atoms with Crippen LogP contribution in [0.5, 0.6) is 0 Å². The molecule has 1 aliphatic heterocycles. The van der Waals surface area contributed by atoms with Crippen LogP contribution in [0.1, 0.15) is 26.7 Å². The lowest BCUT2D eigenvalue weighted by Gasteiger charge is -2.34. The normalized spacial score (nSPS) is 15.2. The third kappa shape index (κ3) is 10.0. The van der Waals surface area contributed by atoms with Gasteiger partial charge in [0.2, 0.25) is 5.91 Å². The maximum Gasteiger partial charge on any atom is 0.411 e. The number of rotatable bonds is 9. The fourth-order valence-corrected chi connectivity index (χ4v) is 3.17. The number of hydrogen-bond donors (Lipinski definition) is 2. The van der Waals surface area contributed by atoms with E-state index in [2.05, 4.69) is 20.3 Å². The summed E-state index contributed by atoms with van der Waals surface area (Å²) in [5.74, 6) is 0.235. The molecule has 0 aliphatic carbocycles. The average Bonchev–Trinajstić information content (AvgIpc) is 2.68. The summed E-state index contributed by atoms with van der Waals surface area (Å²) in [6, 6.07) is 6.75. The van der Waals surface area contributed by atoms with Crippen molar-refractivity contribution in [3.8, 4) is 0 Å². The fraction of sp³-hybridized carbons (Fsp3) is 0.619. The molecule has 3 amide bonds. The van der Waals surface area contributed by atoms with E-state index in [0.29, 0.717) is 56.9 Å². The van der Waals surface area contributed by atoms with E-state index in [9.17, 15) is 22.8 Å². The second kappa shape index (κ2) is 11.9. The quantitative estimate of drug-likeness (QED) is 0.569. The van der Waals surface area contributed by atoms with Gasteiger partial charge >= 0.3 is 12.2 Å². The molecule has 1 heterocycles. The molecule has 1 saturated heterocycles. The molecule has 1 aromatic carbocycles. The number of amides is 3. The van der Waals surface area contributed by atoms with Crippen molar-refractivity contribution in [3.63, 3.8) is 0 Å². The number of nitrogens with one attached hydrogen (secondary N) is 2. The number of carbonyl (C=O) groups is 2. The van der Waals surface area contributed by atoms with Crippen molar-refractivity contribution in [2.75, 3.05) is 56.6 Å². The van der Waals surface area contributed by atoms with Crippen LogP contribution >= 0.6 is 0 Å². The lowest BCUT2D eigenvalue weighted by molar-refractivity contribution is -0.174. The number of hydrogen-bond acceptors (Lipinski definition) is 4. The number of alkyl halides is 3. The first-order chi connectivity index (χ1) is 14.6. The Bertz CT molecular complexity index is 703. The predicted octanol–water partition coefficient (Wildman–Crippen LogP) is 3.79. The van der Waals surface area contributed by atoms with Gasteiger partial charge in [0.15, 0.2) is 0 Å². The molecule has 0 saturated carbocycles. The molecular weight excluding hydrogens is 413 g/mol. The molecule has 2 N–H and O–H groups in total. The molecule has 1 aromatic rings. The average molecular weight is 444 g/mol. The van der Waals surface area contributed by atoms with E-state index < -0.39 is 12.8 Å². The number of piperazine rings is 1. The Morgan fingerprint density at radius 3 is 2.16 bits per heavy atom. The SMILES string of the molecule is CC(C)CC(=O)Nc1ccc(NC(=O)N2CCN(CCCOCC(F)(F)F)CC2)cc1. The van der Waals surface area contributed by atoms with Crippen molar-refractivity contribution in [2.45, 2.75) is 32.9 Å². The maximum atomic E-state index is 12.5. The monoisotopic (exact) mass is 444 g/mol. The Morgan fingerprint density at radius 1 is 1.03 bits per heavy atom. The maximum absolute atomic E-state index is 12.5. The molecule has 0 atom stereocenters. The molecular formula is C21H31F3N4O3. The lowest BCUT2D eigenvalue weighted by atomic mass is 10.1. The van der Waals surface area contributed by atoms with Crippen molar-refractivity contribution in [1.29, 1.82) is 0 Å². The number of anilines is 2. The van der Waals surface area contributed by atoms with E-state index in [4.69, 9.17) is 0 Å². The molecule has 10 heteroatoms. The molecule has 1 fully saturated rings. The van der Waals surface area contributed by atoms with Crippen LogP contribution < -0.4 is 10.6 Å². The van der Waals surface area contributed by atoms with Gasteiger partial charge in [0, 0.05) is 57.1 Å². The predicted molar refractivity (Wildman–Crippen MR) is 113 cm³/mol. The molecule has 7 nitrogen and oxygen atoms in total. The minimum absolute atomic E-state index is 0.0448. The minimum atomic E-state index is -4.29. The standard InChI is InChI=1S/C21H31F3N4O3/c1-16(2)14-19(29)25-17-4-6-18(7-5-17)26-20(30)28-11-9-27(10-12-28)8-3-13-31-15-21(22,23)24/h4-7,16H,3,8-15H2,1-2H3,(H,25,29)(H,26,30). The van der Waals surface area contributed by atoms with Crippen LogP contribution in [0.25, 0.3) is 0 Å². The van der Waals surface area contributed by atoms with Crippen LogP contribution in [0.2, 0.25) is 0 Å². The molecule has 174 valence electrons. The number of ether oxygens (including phenoxy) is 1. The highest BCUT2D eigenvalue weighted by molar-refractivity contribution is 5.92. The number of benzene rings is 1. The van der Waals surface area contributed by atoms with E-state index in [1.165, 1.54) is 0 Å². The van der Waals surface area contributed by atoms with Crippen molar-refractivity contribution >= 4 is 23.3 Å². The Morgan fingerprint density at radius 2 is 1.61 bits per heavy atom. The summed E-state index contributed by atoms with van der Waals surface area (Å²) >= 11 is 0. The zero-order chi connectivity index (χ0) is 22.9. The van der Waals surface area contributed by atoms with Gasteiger partial charge in [0.05, 0.1) is 0 Å². The zero-order valence-electron chi connectivity index (χ0n) is 18.0. The highest BCUT2D eigenvalue weighted by atomic mass is 19.4. The minimum Gasteiger partial charge on any atom is -0.372 e. The first-order valence-electron chi connectivity index (χ1n) is 10.4. The molecule has 0 radical (unpaired) electrons. The van der Waals surface area contributed by atoms with E-state index in [1.807, 2.05) is 13.8 Å². The zero-order valence-corrected chi connectivity index (χ0v) is 18.0. The number of halogens is 3. The molecule has 31 heavy (non-hydrogen) atoms. The molecule has 0 spiro atoms. The first-order valence-corrected chi connectivity index (χ1v) is 10.4. The second-order valence-electron chi connectivity index (χ2n) is 8.00. The van der Waals surface area contributed by atoms with E-state index in [0.717, 1.165) is 0 Å². The van der Waals surface area contributed by atoms with E-state index in [1.54, 1.807) is 29.2 Å². The summed E-state index contributed by atoms with van der Waals surface area (Å²) in [5.41, 5.74) is 1.31. The van der Waals surface area contributed by atoms with Gasteiger partial charge in [-0.3, -0.25) is 9.69 Å². The van der Waals surface area contributed by atoms with Crippen LogP contribution in [0.15, 0.2) is 24.3 Å². The van der Waals surface area contributed by atoms with Crippen LogP contribution in [0, 0.1) is 5.92 Å². The van der Waals surface area contributed by atoms with Crippen LogP contribution in [0.4, 0.5) is 29.3 Å². The third-order valence-corrected chi connectivity index (χ3v) is 4.70. The Kier molecular flexibility index (Phi) is 9.57. The van der Waals surface area contributed by atoms with Gasteiger partial charge in [-0.2, -0.15) is 13.2 Å². The second-order valence-corrected chi connectivity index (χ2v) is 8.00. The summed E-state index contributed by atoms with van der Waals surface area (Å²) < 4.78 is 40.7. The van der Waals surface area contributed by atoms with Crippen molar-refractivity contribution in [1.82, 2.24) is 9.80 Å². The number of nitrogens with zero attached hydrogens (tertiary/aromatic N) is 2. The van der Waals surface area contributed by atoms with Crippen LogP contribution in [0.3, 0.4) is 0 Å². The fourth-order valence-electron chi connectivity index (χ4n) is 3.17. The topological polar surface area (TPSA) is 73.9 Å². The van der Waals surface area contributed by atoms with Gasteiger partial charge < -0.3 is 20.3 Å². The van der Waals surface area contributed by atoms with Crippen molar-refractivity contribution in [3.05, 3.63) is 24.3 Å². The molecule has 0 aromatic heterocycles. The summed E-state index contributed by atoms with van der Waals surface area (Å²) in [6.07, 6.45) is -3.33. The van der Waals surface area contributed by atoms with Crippen molar-refractivity contribution < 1.29 is 27.5 Å². The van der Waals surface area contributed by atoms with Gasteiger partial charge in [-0.05, 0) is 36.6 Å². The summed E-state index contributed by atoms with van der Waals surface area (Å²) in [7, 11) is 0. The highest BCUT2D eigenvalue weighted by Crippen LogP contribution is 2.16. The van der Waals surface area contributed by atoms with Gasteiger partial charge in [-0.15, -0.1) is 0 Å². The van der Waals surface area contributed by atoms with E-state index >= 15 is 0 Å². The smallest absolute Gasteiger partial charge is 0.372 e. The van der Waals surface area contributed by atoms with Gasteiger partial charge in [0.1, 0.15) is 6.61 Å². The molecule has 0 bridgehead atoms. The number of urea groups is 1. The third-order valence-electron chi connectivity index (χ3n) is 4.70. The molecule has 0 unspecified atom stereocenters.